The molecule has 0 N–H and O–H groups in total. The molecule has 1 aliphatic rings. The van der Waals surface area contributed by atoms with Gasteiger partial charge in [0, 0.05) is 7.11 Å². The molecule has 0 unspecified atom stereocenters. The van der Waals surface area contributed by atoms with Gasteiger partial charge in [-0.05, 0) is 42.9 Å². The Morgan fingerprint density at radius 1 is 1.43 bits per heavy atom. The second kappa shape index (κ2) is 7.03. The summed E-state index contributed by atoms with van der Waals surface area (Å²) in [7, 11) is 5.67. The van der Waals surface area contributed by atoms with Crippen LogP contribution in [0.2, 0.25) is 0 Å². The minimum Gasteiger partial charge on any atom is -0.383 e. The Bertz CT molecular complexity index is 493. The van der Waals surface area contributed by atoms with Gasteiger partial charge in [-0.3, -0.25) is 14.4 Å². The number of rotatable bonds is 6. The van der Waals surface area contributed by atoms with Crippen LogP contribution >= 0.6 is 15.9 Å². The van der Waals surface area contributed by atoms with Crippen LogP contribution in [0.1, 0.15) is 42.6 Å². The molecule has 6 heteroatoms. The molecule has 118 valence electrons. The molecule has 1 fully saturated rings. The van der Waals surface area contributed by atoms with Crippen molar-refractivity contribution in [3.8, 4) is 0 Å². The van der Waals surface area contributed by atoms with Crippen LogP contribution in [0.3, 0.4) is 0 Å². The van der Waals surface area contributed by atoms with Crippen LogP contribution in [0.5, 0.6) is 0 Å². The van der Waals surface area contributed by atoms with E-state index in [1.54, 1.807) is 18.0 Å². The average molecular weight is 358 g/mol. The summed E-state index contributed by atoms with van der Waals surface area (Å²) in [6, 6.07) is 0. The number of nitrogens with zero attached hydrogens (tertiary/aromatic N) is 3. The lowest BCUT2D eigenvalue weighted by molar-refractivity contribution is 0.0549. The molecule has 5 nitrogen and oxygen atoms in total. The summed E-state index contributed by atoms with van der Waals surface area (Å²) in [5.41, 5.74) is 0.272. The van der Waals surface area contributed by atoms with E-state index in [1.807, 2.05) is 14.1 Å². The van der Waals surface area contributed by atoms with E-state index in [-0.39, 0.29) is 5.78 Å². The Morgan fingerprint density at radius 3 is 2.67 bits per heavy atom. The van der Waals surface area contributed by atoms with Crippen molar-refractivity contribution in [3.63, 3.8) is 0 Å². The molecule has 1 aromatic rings. The normalized spacial score (nSPS) is 18.1. The highest BCUT2D eigenvalue weighted by Crippen LogP contribution is 2.36. The lowest BCUT2D eigenvalue weighted by atomic mass is 9.76. The average Bonchev–Trinajstić information content (AvgIpc) is 2.85. The third-order valence-electron chi connectivity index (χ3n) is 4.48. The second-order valence-electron chi connectivity index (χ2n) is 5.87. The van der Waals surface area contributed by atoms with Gasteiger partial charge < -0.3 is 4.74 Å². The van der Waals surface area contributed by atoms with Crippen molar-refractivity contribution < 1.29 is 9.53 Å². The van der Waals surface area contributed by atoms with Crippen molar-refractivity contribution in [2.24, 2.45) is 0 Å². The van der Waals surface area contributed by atoms with Crippen LogP contribution < -0.4 is 0 Å². The van der Waals surface area contributed by atoms with Crippen LogP contribution in [0.25, 0.3) is 0 Å². The fourth-order valence-electron chi connectivity index (χ4n) is 3.17. The van der Waals surface area contributed by atoms with Crippen LogP contribution in [-0.2, 0) is 11.3 Å². The van der Waals surface area contributed by atoms with E-state index in [0.29, 0.717) is 18.8 Å². The van der Waals surface area contributed by atoms with E-state index in [9.17, 15) is 4.79 Å². The summed E-state index contributed by atoms with van der Waals surface area (Å²) in [5.74, 6) is 0.174. The number of Topliss-reactive ketones (excluding diaryl/α,β-unsaturated/α-hetero) is 1. The SMILES string of the molecule is COCCn1ncc(Br)c1C(=O)C1(N(C)C)CCCCC1. The van der Waals surface area contributed by atoms with Crippen LogP contribution in [0, 0.1) is 0 Å². The smallest absolute Gasteiger partial charge is 0.202 e. The first-order valence-corrected chi connectivity index (χ1v) is 8.24. The summed E-state index contributed by atoms with van der Waals surface area (Å²) >= 11 is 3.49. The fourth-order valence-corrected chi connectivity index (χ4v) is 3.65. The van der Waals surface area contributed by atoms with Crippen molar-refractivity contribution in [1.29, 1.82) is 0 Å². The van der Waals surface area contributed by atoms with Crippen molar-refractivity contribution in [3.05, 3.63) is 16.4 Å². The van der Waals surface area contributed by atoms with Crippen molar-refractivity contribution in [2.45, 2.75) is 44.2 Å². The first-order chi connectivity index (χ1) is 10.0. The van der Waals surface area contributed by atoms with Gasteiger partial charge in [-0.1, -0.05) is 19.3 Å². The number of hydrogen-bond donors (Lipinski definition) is 0. The molecule has 0 radical (unpaired) electrons. The molecular weight excluding hydrogens is 334 g/mol. The molecule has 1 aromatic heterocycles. The molecule has 1 heterocycles. The molecular formula is C15H24BrN3O2. The van der Waals surface area contributed by atoms with Gasteiger partial charge in [0.25, 0.3) is 0 Å². The number of hydrogen-bond acceptors (Lipinski definition) is 4. The zero-order valence-electron chi connectivity index (χ0n) is 13.1. The van der Waals surface area contributed by atoms with Crippen LogP contribution in [-0.4, -0.2) is 53.8 Å². The quantitative estimate of drug-likeness (QED) is 0.734. The van der Waals surface area contributed by atoms with Crippen molar-refractivity contribution in [2.75, 3.05) is 27.8 Å². The Balaban J connectivity index is 2.35. The summed E-state index contributed by atoms with van der Waals surface area (Å²) in [6.45, 7) is 1.13. The molecule has 0 amide bonds. The second-order valence-corrected chi connectivity index (χ2v) is 6.73. The number of ether oxygens (including phenoxy) is 1. The topological polar surface area (TPSA) is 47.4 Å². The molecule has 0 aromatic carbocycles. The highest BCUT2D eigenvalue weighted by molar-refractivity contribution is 9.10. The van der Waals surface area contributed by atoms with E-state index in [4.69, 9.17) is 4.74 Å². The van der Waals surface area contributed by atoms with E-state index in [2.05, 4.69) is 25.9 Å². The molecule has 0 aliphatic heterocycles. The summed E-state index contributed by atoms with van der Waals surface area (Å²) in [4.78, 5) is 15.3. The molecule has 1 saturated carbocycles. The molecule has 0 bridgehead atoms. The highest BCUT2D eigenvalue weighted by atomic mass is 79.9. The number of carbonyl (C=O) groups is 1. The molecule has 0 saturated heterocycles. The molecule has 0 atom stereocenters. The number of methoxy groups -OCH3 is 1. The predicted octanol–water partition coefficient (Wildman–Crippen LogP) is 2.74. The van der Waals surface area contributed by atoms with Crippen molar-refractivity contribution in [1.82, 2.24) is 14.7 Å². The van der Waals surface area contributed by atoms with Gasteiger partial charge in [0.2, 0.25) is 5.78 Å². The van der Waals surface area contributed by atoms with Gasteiger partial charge in [0.15, 0.2) is 0 Å². The van der Waals surface area contributed by atoms with Crippen molar-refractivity contribution >= 4 is 21.7 Å². The molecule has 0 spiro atoms. The Morgan fingerprint density at radius 2 is 2.10 bits per heavy atom. The van der Waals surface area contributed by atoms with Gasteiger partial charge >= 0.3 is 0 Å². The lowest BCUT2D eigenvalue weighted by Crippen LogP contribution is -2.53. The van der Waals surface area contributed by atoms with Gasteiger partial charge in [-0.2, -0.15) is 5.10 Å². The molecule has 21 heavy (non-hydrogen) atoms. The summed E-state index contributed by atoms with van der Waals surface area (Å²) in [6.07, 6.45) is 6.96. The monoisotopic (exact) mass is 357 g/mol. The Kier molecular flexibility index (Phi) is 5.57. The maximum atomic E-state index is 13.3. The maximum Gasteiger partial charge on any atom is 0.202 e. The number of halogens is 1. The number of likely N-dealkylation sites (N-methyl/N-ethyl adjacent to an activating group) is 1. The highest BCUT2D eigenvalue weighted by Gasteiger charge is 2.43. The van der Waals surface area contributed by atoms with Gasteiger partial charge in [-0.15, -0.1) is 0 Å². The molecule has 1 aliphatic carbocycles. The van der Waals surface area contributed by atoms with E-state index in [1.165, 1.54) is 6.42 Å². The van der Waals surface area contributed by atoms with Crippen LogP contribution in [0.15, 0.2) is 10.7 Å². The van der Waals surface area contributed by atoms with E-state index < -0.39 is 5.54 Å². The minimum atomic E-state index is -0.397. The number of ketones is 1. The molecule has 2 rings (SSSR count). The first-order valence-electron chi connectivity index (χ1n) is 7.45. The van der Waals surface area contributed by atoms with Gasteiger partial charge in [0.1, 0.15) is 5.69 Å². The summed E-state index contributed by atoms with van der Waals surface area (Å²) in [5, 5.41) is 4.31. The fraction of sp³-hybridized carbons (Fsp3) is 0.733. The maximum absolute atomic E-state index is 13.3. The Hall–Kier alpha value is -0.720. The standard InChI is InChI=1S/C15H24BrN3O2/c1-18(2)15(7-5-4-6-8-15)14(20)13-12(16)11-17-19(13)9-10-21-3/h11H,4-10H2,1-3H3. The van der Waals surface area contributed by atoms with Crippen LogP contribution in [0.4, 0.5) is 0 Å². The van der Waals surface area contributed by atoms with Gasteiger partial charge in [0.05, 0.1) is 29.4 Å². The zero-order chi connectivity index (χ0) is 15.5. The third kappa shape index (κ3) is 3.22. The largest absolute Gasteiger partial charge is 0.383 e. The van der Waals surface area contributed by atoms with Gasteiger partial charge in [-0.25, -0.2) is 0 Å². The lowest BCUT2D eigenvalue weighted by Gasteiger charge is -2.41. The summed E-state index contributed by atoms with van der Waals surface area (Å²) < 4.78 is 7.64. The number of aromatic nitrogens is 2. The third-order valence-corrected chi connectivity index (χ3v) is 5.06. The minimum absolute atomic E-state index is 0.174. The predicted molar refractivity (Wildman–Crippen MR) is 85.6 cm³/mol. The van der Waals surface area contributed by atoms with E-state index >= 15 is 0 Å². The Labute approximate surface area is 134 Å². The van der Waals surface area contributed by atoms with E-state index in [0.717, 1.165) is 30.2 Å². The number of carbonyl (C=O) groups excluding carboxylic acids is 1. The zero-order valence-corrected chi connectivity index (χ0v) is 14.6. The first kappa shape index (κ1) is 16.6.